The number of hydrogen-bond donors (Lipinski definition) is 1. The number of nitrogens with two attached hydrogens (primary N) is 1. The highest BCUT2D eigenvalue weighted by molar-refractivity contribution is 6.31. The SMILES string of the molecule is NC[C@@H]1CCN(C(=O)C2(c3ccccc3Cl)CCOCC2)C1. The van der Waals surface area contributed by atoms with E-state index in [9.17, 15) is 4.79 Å². The van der Waals surface area contributed by atoms with Gasteiger partial charge in [-0.1, -0.05) is 29.8 Å². The lowest BCUT2D eigenvalue weighted by molar-refractivity contribution is -0.140. The van der Waals surface area contributed by atoms with E-state index in [1.54, 1.807) is 0 Å². The first-order valence-electron chi connectivity index (χ1n) is 7.99. The minimum atomic E-state index is -0.542. The van der Waals surface area contributed by atoms with Crippen molar-refractivity contribution >= 4 is 17.5 Å². The van der Waals surface area contributed by atoms with Gasteiger partial charge in [-0.25, -0.2) is 0 Å². The van der Waals surface area contributed by atoms with Gasteiger partial charge in [0, 0.05) is 31.3 Å². The topological polar surface area (TPSA) is 55.6 Å². The van der Waals surface area contributed by atoms with Gasteiger partial charge in [0.15, 0.2) is 0 Å². The summed E-state index contributed by atoms with van der Waals surface area (Å²) in [7, 11) is 0. The lowest BCUT2D eigenvalue weighted by atomic mass is 9.73. The van der Waals surface area contributed by atoms with Crippen molar-refractivity contribution < 1.29 is 9.53 Å². The second kappa shape index (κ2) is 6.57. The zero-order valence-corrected chi connectivity index (χ0v) is 13.5. The molecule has 3 rings (SSSR count). The number of likely N-dealkylation sites (tertiary alicyclic amines) is 1. The van der Waals surface area contributed by atoms with Crippen molar-refractivity contribution in [2.45, 2.75) is 24.7 Å². The monoisotopic (exact) mass is 322 g/mol. The first-order valence-corrected chi connectivity index (χ1v) is 8.37. The number of rotatable bonds is 3. The maximum absolute atomic E-state index is 13.3. The molecule has 1 aromatic rings. The summed E-state index contributed by atoms with van der Waals surface area (Å²) in [5.74, 6) is 0.618. The molecule has 1 amide bonds. The Labute approximate surface area is 136 Å². The Morgan fingerprint density at radius 2 is 2.09 bits per heavy atom. The minimum absolute atomic E-state index is 0.194. The van der Waals surface area contributed by atoms with E-state index in [0.717, 1.165) is 25.1 Å². The van der Waals surface area contributed by atoms with Crippen molar-refractivity contribution in [2.75, 3.05) is 32.8 Å². The van der Waals surface area contributed by atoms with E-state index in [4.69, 9.17) is 22.1 Å². The molecule has 0 spiro atoms. The highest BCUT2D eigenvalue weighted by Gasteiger charge is 2.46. The van der Waals surface area contributed by atoms with Crippen LogP contribution in [0.15, 0.2) is 24.3 Å². The molecule has 2 saturated heterocycles. The molecule has 0 saturated carbocycles. The second-order valence-electron chi connectivity index (χ2n) is 6.32. The molecule has 0 bridgehead atoms. The molecular formula is C17H23ClN2O2. The molecule has 0 aliphatic carbocycles. The van der Waals surface area contributed by atoms with Crippen LogP contribution < -0.4 is 5.73 Å². The lowest BCUT2D eigenvalue weighted by Gasteiger charge is -2.39. The van der Waals surface area contributed by atoms with Gasteiger partial charge in [-0.2, -0.15) is 0 Å². The van der Waals surface area contributed by atoms with Crippen molar-refractivity contribution in [1.82, 2.24) is 4.90 Å². The van der Waals surface area contributed by atoms with E-state index in [-0.39, 0.29) is 5.91 Å². The number of carbonyl (C=O) groups is 1. The first kappa shape index (κ1) is 15.8. The maximum Gasteiger partial charge on any atom is 0.233 e. The fraction of sp³-hybridized carbons (Fsp3) is 0.588. The molecule has 0 aromatic heterocycles. The first-order chi connectivity index (χ1) is 10.7. The zero-order valence-electron chi connectivity index (χ0n) is 12.8. The average Bonchev–Trinajstić information content (AvgIpc) is 3.04. The Balaban J connectivity index is 1.93. The third kappa shape index (κ3) is 2.75. The van der Waals surface area contributed by atoms with Crippen LogP contribution in [0.4, 0.5) is 0 Å². The van der Waals surface area contributed by atoms with Crippen LogP contribution >= 0.6 is 11.6 Å². The molecule has 2 N–H and O–H groups in total. The van der Waals surface area contributed by atoms with Gasteiger partial charge >= 0.3 is 0 Å². The second-order valence-corrected chi connectivity index (χ2v) is 6.72. The summed E-state index contributed by atoms with van der Waals surface area (Å²) in [6, 6.07) is 7.72. The van der Waals surface area contributed by atoms with Crippen LogP contribution in [-0.4, -0.2) is 43.7 Å². The molecule has 5 heteroatoms. The Bertz CT molecular complexity index is 543. The molecule has 1 aromatic carbocycles. The van der Waals surface area contributed by atoms with Crippen molar-refractivity contribution in [3.8, 4) is 0 Å². The maximum atomic E-state index is 13.3. The third-order valence-electron chi connectivity index (χ3n) is 5.05. The van der Waals surface area contributed by atoms with Gasteiger partial charge in [-0.3, -0.25) is 4.79 Å². The molecule has 1 atom stereocenters. The van der Waals surface area contributed by atoms with E-state index in [0.29, 0.717) is 43.5 Å². The van der Waals surface area contributed by atoms with Gasteiger partial charge in [0.1, 0.15) is 0 Å². The predicted octanol–water partition coefficient (Wildman–Crippen LogP) is 2.20. The van der Waals surface area contributed by atoms with Crippen LogP contribution in [0.1, 0.15) is 24.8 Å². The number of amides is 1. The Kier molecular flexibility index (Phi) is 4.71. The molecule has 2 aliphatic heterocycles. The normalized spacial score (nSPS) is 24.5. The Hall–Kier alpha value is -1.10. The van der Waals surface area contributed by atoms with Crippen LogP contribution in [0.5, 0.6) is 0 Å². The molecule has 2 aliphatic rings. The summed E-state index contributed by atoms with van der Waals surface area (Å²) in [4.78, 5) is 15.3. The minimum Gasteiger partial charge on any atom is -0.381 e. The van der Waals surface area contributed by atoms with Gasteiger partial charge in [0.2, 0.25) is 5.91 Å². The summed E-state index contributed by atoms with van der Waals surface area (Å²) >= 11 is 6.42. The summed E-state index contributed by atoms with van der Waals surface area (Å²) in [5, 5.41) is 0.673. The van der Waals surface area contributed by atoms with Crippen LogP contribution in [0.3, 0.4) is 0 Å². The molecule has 22 heavy (non-hydrogen) atoms. The molecule has 0 radical (unpaired) electrons. The molecule has 120 valence electrons. The fourth-order valence-corrected chi connectivity index (χ4v) is 4.00. The quantitative estimate of drug-likeness (QED) is 0.928. The van der Waals surface area contributed by atoms with Gasteiger partial charge in [0.05, 0.1) is 5.41 Å². The Morgan fingerprint density at radius 3 is 2.73 bits per heavy atom. The lowest BCUT2D eigenvalue weighted by Crippen LogP contribution is -2.49. The molecule has 4 nitrogen and oxygen atoms in total. The summed E-state index contributed by atoms with van der Waals surface area (Å²) in [5.41, 5.74) is 6.17. The van der Waals surface area contributed by atoms with E-state index in [1.807, 2.05) is 29.2 Å². The van der Waals surface area contributed by atoms with Gasteiger partial charge < -0.3 is 15.4 Å². The van der Waals surface area contributed by atoms with Crippen molar-refractivity contribution in [2.24, 2.45) is 11.7 Å². The number of halogens is 1. The number of benzene rings is 1. The molecule has 2 heterocycles. The van der Waals surface area contributed by atoms with E-state index in [2.05, 4.69) is 0 Å². The predicted molar refractivity (Wildman–Crippen MR) is 86.9 cm³/mol. The largest absolute Gasteiger partial charge is 0.381 e. The van der Waals surface area contributed by atoms with Gasteiger partial charge in [0.25, 0.3) is 0 Å². The summed E-state index contributed by atoms with van der Waals surface area (Å²) in [6.45, 7) is 3.42. The highest BCUT2D eigenvalue weighted by Crippen LogP contribution is 2.41. The van der Waals surface area contributed by atoms with E-state index >= 15 is 0 Å². The average molecular weight is 323 g/mol. The summed E-state index contributed by atoms with van der Waals surface area (Å²) < 4.78 is 5.51. The van der Waals surface area contributed by atoms with Crippen LogP contribution in [0.25, 0.3) is 0 Å². The number of ether oxygens (including phenoxy) is 1. The third-order valence-corrected chi connectivity index (χ3v) is 5.38. The number of carbonyl (C=O) groups excluding carboxylic acids is 1. The van der Waals surface area contributed by atoms with Crippen molar-refractivity contribution in [3.63, 3.8) is 0 Å². The summed E-state index contributed by atoms with van der Waals surface area (Å²) in [6.07, 6.45) is 2.38. The zero-order chi connectivity index (χ0) is 15.6. The van der Waals surface area contributed by atoms with E-state index < -0.39 is 5.41 Å². The smallest absolute Gasteiger partial charge is 0.233 e. The Morgan fingerprint density at radius 1 is 1.36 bits per heavy atom. The molecule has 2 fully saturated rings. The number of hydrogen-bond acceptors (Lipinski definition) is 3. The fourth-order valence-electron chi connectivity index (χ4n) is 3.68. The van der Waals surface area contributed by atoms with Crippen molar-refractivity contribution in [3.05, 3.63) is 34.9 Å². The highest BCUT2D eigenvalue weighted by atomic mass is 35.5. The van der Waals surface area contributed by atoms with Crippen LogP contribution in [-0.2, 0) is 14.9 Å². The van der Waals surface area contributed by atoms with Crippen molar-refractivity contribution in [1.29, 1.82) is 0 Å². The molecular weight excluding hydrogens is 300 g/mol. The molecule has 0 unspecified atom stereocenters. The van der Waals surface area contributed by atoms with E-state index in [1.165, 1.54) is 0 Å². The van der Waals surface area contributed by atoms with Gasteiger partial charge in [-0.05, 0) is 43.4 Å². The number of nitrogens with zero attached hydrogens (tertiary/aromatic N) is 1. The van der Waals surface area contributed by atoms with Crippen LogP contribution in [0, 0.1) is 5.92 Å². The van der Waals surface area contributed by atoms with Crippen LogP contribution in [0.2, 0.25) is 5.02 Å². The van der Waals surface area contributed by atoms with Gasteiger partial charge in [-0.15, -0.1) is 0 Å². The standard InChI is InChI=1S/C17H23ClN2O2/c18-15-4-2-1-3-14(15)17(6-9-22-10-7-17)16(21)20-8-5-13(11-19)12-20/h1-4,13H,5-12,19H2/t13-/m0/s1.